The van der Waals surface area contributed by atoms with Gasteiger partial charge in [0.25, 0.3) is 5.91 Å². The summed E-state index contributed by atoms with van der Waals surface area (Å²) in [7, 11) is 0. The second-order valence-electron chi connectivity index (χ2n) is 22.7. The summed E-state index contributed by atoms with van der Waals surface area (Å²) in [6, 6.07) is 14.7. The number of halogens is 3. The largest absolute Gasteiger partial charge is 0.508 e. The van der Waals surface area contributed by atoms with Crippen LogP contribution in [0.1, 0.15) is 75.7 Å². The molecule has 480 valence electrons. The molecule has 89 heavy (non-hydrogen) atoms. The van der Waals surface area contributed by atoms with Gasteiger partial charge in [0.1, 0.15) is 47.8 Å². The van der Waals surface area contributed by atoms with Gasteiger partial charge in [-0.25, -0.2) is 0 Å². The Morgan fingerprint density at radius 2 is 1.29 bits per heavy atom. The Morgan fingerprint density at radius 1 is 0.708 bits per heavy atom. The van der Waals surface area contributed by atoms with Gasteiger partial charge in [-0.05, 0) is 84.5 Å². The summed E-state index contributed by atoms with van der Waals surface area (Å²) in [5, 5.41) is 79.3. The lowest BCUT2D eigenvalue weighted by Crippen LogP contribution is -2.63. The molecule has 0 radical (unpaired) electrons. The highest BCUT2D eigenvalue weighted by Crippen LogP contribution is 2.31. The van der Waals surface area contributed by atoms with Crippen LogP contribution < -0.4 is 36.6 Å². The number of carbonyl (C=O) groups is 9. The average molecular weight is 1250 g/mol. The monoisotopic (exact) mass is 1240 g/mol. The third-order valence-corrected chi connectivity index (χ3v) is 15.9. The Hall–Kier alpha value is -8.50. The van der Waals surface area contributed by atoms with E-state index in [1.807, 2.05) is 48.5 Å². The predicted molar refractivity (Wildman–Crippen MR) is 313 cm³/mol. The molecule has 3 saturated heterocycles. The van der Waals surface area contributed by atoms with Crippen LogP contribution in [0.3, 0.4) is 0 Å². The lowest BCUT2D eigenvalue weighted by atomic mass is 9.89. The number of rotatable bonds is 16. The zero-order chi connectivity index (χ0) is 65.0. The maximum atomic E-state index is 14.6. The summed E-state index contributed by atoms with van der Waals surface area (Å²) < 4.78 is 46.6. The summed E-state index contributed by atoms with van der Waals surface area (Å²) in [6.45, 7) is 2.97. The van der Waals surface area contributed by atoms with Gasteiger partial charge in [0, 0.05) is 56.9 Å². The molecule has 3 aliphatic rings. The quantitative estimate of drug-likeness (QED) is 0.0690. The lowest BCUT2D eigenvalue weighted by Gasteiger charge is -2.33. The normalized spacial score (nSPS) is 25.4. The number of unbranched alkanes of at least 4 members (excludes halogenated alkanes) is 2. The number of phenols is 1. The second-order valence-corrected chi connectivity index (χ2v) is 22.7. The van der Waals surface area contributed by atoms with Crippen LogP contribution in [-0.4, -0.2) is 199 Å². The van der Waals surface area contributed by atoms with Gasteiger partial charge in [0.15, 0.2) is 5.78 Å². The van der Waals surface area contributed by atoms with E-state index >= 15 is 0 Å². The molecule has 0 saturated carbocycles. The number of alkyl halides is 3. The van der Waals surface area contributed by atoms with E-state index in [0.717, 1.165) is 65.3 Å². The number of ketones is 1. The van der Waals surface area contributed by atoms with E-state index in [4.69, 9.17) is 4.74 Å². The van der Waals surface area contributed by atoms with Crippen LogP contribution in [0.5, 0.6) is 11.5 Å². The zero-order valence-corrected chi connectivity index (χ0v) is 49.3. The van der Waals surface area contributed by atoms with Gasteiger partial charge < -0.3 is 77.1 Å². The fourth-order valence-electron chi connectivity index (χ4n) is 10.8. The standard InChI is InChI=1S/C62H75F3N8O16/c1-5-6-7-24-89-43-22-18-39(19-23-43)37-12-10-36(11-13-37)38-14-16-40(17-15-38)54(81)68-46-28-66-55(82)45(29-67-61(88)62(63,64)65)69-58(85)52-53(80)32(2)30-73(52)59(86)44(33(3)74)27-49(79)51(48(78)25-35-8-20-41(76)21-9-35)71-57(84)47-26-42(77)31-72(47)60(87)50(34(4)75)70-56(46)83/h8-23,32-34,42,44-48,50-53,74-78,80H,5-7,24-31H2,1-4H3,(H,66,82)(H,67,88)(H,68,81)(H,69,85)(H,70,83)(H,71,84)/t32-,33?,34?,42+,44-,45-,46-,47-,48+,50-,51-,52-,53-/m0/s1. The van der Waals surface area contributed by atoms with Gasteiger partial charge in [-0.15, -0.1) is 0 Å². The molecule has 0 aliphatic carbocycles. The minimum atomic E-state index is -5.51. The van der Waals surface area contributed by atoms with Crippen LogP contribution in [-0.2, 0) is 44.8 Å². The molecule has 4 aromatic rings. The molecule has 27 heteroatoms. The summed E-state index contributed by atoms with van der Waals surface area (Å²) >= 11 is 0. The highest BCUT2D eigenvalue weighted by molar-refractivity contribution is 6.01. The zero-order valence-electron chi connectivity index (χ0n) is 49.3. The summed E-state index contributed by atoms with van der Waals surface area (Å²) in [5.41, 5.74) is 3.53. The minimum absolute atomic E-state index is 0.0611. The Kier molecular flexibility index (Phi) is 23.0. The molecule has 2 unspecified atom stereocenters. The van der Waals surface area contributed by atoms with Crippen molar-refractivity contribution < 1.29 is 91.7 Å². The molecule has 24 nitrogen and oxygen atoms in total. The van der Waals surface area contributed by atoms with Crippen molar-refractivity contribution in [3.05, 3.63) is 108 Å². The van der Waals surface area contributed by atoms with Crippen molar-refractivity contribution in [2.75, 3.05) is 32.8 Å². The van der Waals surface area contributed by atoms with Crippen molar-refractivity contribution in [2.24, 2.45) is 11.8 Å². The van der Waals surface area contributed by atoms with E-state index in [-0.39, 0.29) is 11.3 Å². The number of amides is 8. The number of nitrogens with one attached hydrogen (secondary N) is 6. The SMILES string of the molecule is CCCCCOc1ccc(-c2ccc(-c3ccc(C(=O)N[C@H]4CNC(=O)[C@H](CNC(=O)C(F)(F)F)NC(=O)[C@@H]5[C@@H](O)[C@@H](C)CN5C(=O)[C@H](C(C)O)CC(=O)[C@H]([C@H](O)Cc5ccc(O)cc5)NC(=O)[C@@H]5C[C@@H](O)CN5C(=O)[C@H](C(C)O)NC4=O)cc3)cc2)cc1. The lowest BCUT2D eigenvalue weighted by molar-refractivity contribution is -0.173. The van der Waals surface area contributed by atoms with Crippen LogP contribution in [0.25, 0.3) is 22.3 Å². The Morgan fingerprint density at radius 3 is 1.87 bits per heavy atom. The maximum absolute atomic E-state index is 14.6. The second kappa shape index (κ2) is 30.1. The first-order valence-corrected chi connectivity index (χ1v) is 29.3. The number of hydrogen-bond acceptors (Lipinski definition) is 16. The van der Waals surface area contributed by atoms with E-state index in [9.17, 15) is 87.0 Å². The number of benzene rings is 4. The highest BCUT2D eigenvalue weighted by atomic mass is 19.4. The van der Waals surface area contributed by atoms with Crippen LogP contribution in [0.2, 0.25) is 0 Å². The van der Waals surface area contributed by atoms with Crippen molar-refractivity contribution in [1.82, 2.24) is 41.7 Å². The third-order valence-electron chi connectivity index (χ3n) is 15.9. The number of phenolic OH excluding ortho intramolecular Hbond substituents is 1. The molecule has 13 atom stereocenters. The van der Waals surface area contributed by atoms with Gasteiger partial charge >= 0.3 is 12.1 Å². The fraction of sp³-hybridized carbons (Fsp3) is 0.468. The molecule has 8 amide bonds. The van der Waals surface area contributed by atoms with E-state index < -0.39 is 183 Å². The van der Waals surface area contributed by atoms with Crippen LogP contribution in [0.4, 0.5) is 13.2 Å². The molecule has 7 rings (SSSR count). The molecular formula is C62H75F3N8O16. The molecule has 3 fully saturated rings. The number of hydrogen-bond donors (Lipinski definition) is 12. The Balaban J connectivity index is 1.22. The summed E-state index contributed by atoms with van der Waals surface area (Å²) in [4.78, 5) is 129. The smallest absolute Gasteiger partial charge is 0.471 e. The molecule has 4 aromatic carbocycles. The highest BCUT2D eigenvalue weighted by Gasteiger charge is 2.50. The molecule has 3 aliphatic heterocycles. The van der Waals surface area contributed by atoms with Crippen molar-refractivity contribution >= 4 is 53.0 Å². The topological polar surface area (TPSA) is 363 Å². The van der Waals surface area contributed by atoms with Crippen molar-refractivity contribution in [1.29, 1.82) is 0 Å². The number of carbonyl (C=O) groups excluding carboxylic acids is 9. The maximum Gasteiger partial charge on any atom is 0.471 e. The van der Waals surface area contributed by atoms with Gasteiger partial charge in [-0.3, -0.25) is 43.2 Å². The van der Waals surface area contributed by atoms with Crippen molar-refractivity contribution in [2.45, 2.75) is 139 Å². The first kappa shape index (κ1) is 68.0. The summed E-state index contributed by atoms with van der Waals surface area (Å²) in [6.07, 6.45) is -12.9. The third kappa shape index (κ3) is 17.4. The number of fused-ring (bicyclic) bond motifs is 2. The number of Topliss-reactive ketones (excluding diaryl/α,β-unsaturated/α-hetero) is 1. The van der Waals surface area contributed by atoms with Crippen molar-refractivity contribution in [3.8, 4) is 33.8 Å². The Bertz CT molecular complexity index is 3170. The predicted octanol–water partition coefficient (Wildman–Crippen LogP) is 0.767. The van der Waals surface area contributed by atoms with Gasteiger partial charge in [-0.1, -0.05) is 87.4 Å². The van der Waals surface area contributed by atoms with E-state index in [1.165, 1.54) is 48.6 Å². The number of aliphatic hydroxyl groups is 5. The van der Waals surface area contributed by atoms with Gasteiger partial charge in [0.05, 0.1) is 43.0 Å². The number of aromatic hydroxyl groups is 1. The van der Waals surface area contributed by atoms with E-state index in [1.54, 1.807) is 12.1 Å². The van der Waals surface area contributed by atoms with Crippen LogP contribution in [0.15, 0.2) is 97.1 Å². The average Bonchev–Trinajstić information content (AvgIpc) is 1.88. The van der Waals surface area contributed by atoms with Crippen LogP contribution >= 0.6 is 0 Å². The van der Waals surface area contributed by atoms with E-state index in [2.05, 4.69) is 33.5 Å². The first-order chi connectivity index (χ1) is 42.1. The number of nitrogens with zero attached hydrogens (tertiary/aromatic N) is 2. The van der Waals surface area contributed by atoms with Gasteiger partial charge in [0.2, 0.25) is 35.4 Å². The molecule has 12 N–H and O–H groups in total. The molecule has 0 aromatic heterocycles. The Labute approximate surface area is 510 Å². The first-order valence-electron chi connectivity index (χ1n) is 29.3. The molecule has 0 spiro atoms. The minimum Gasteiger partial charge on any atom is -0.508 e. The van der Waals surface area contributed by atoms with Crippen molar-refractivity contribution in [3.63, 3.8) is 0 Å². The fourth-order valence-corrected chi connectivity index (χ4v) is 10.8. The number of ether oxygens (including phenoxy) is 1. The molecule has 0 bridgehead atoms. The number of aliphatic hydroxyl groups excluding tert-OH is 5. The summed E-state index contributed by atoms with van der Waals surface area (Å²) in [5.74, 6) is -14.4. The molecular weight excluding hydrogens is 1170 g/mol. The van der Waals surface area contributed by atoms with Crippen LogP contribution in [0, 0.1) is 11.8 Å². The molecule has 3 heterocycles. The van der Waals surface area contributed by atoms with Gasteiger partial charge in [-0.2, -0.15) is 13.2 Å². The van der Waals surface area contributed by atoms with E-state index in [0.29, 0.717) is 17.7 Å².